The first kappa shape index (κ1) is 23.0. The van der Waals surface area contributed by atoms with Gasteiger partial charge < -0.3 is 9.84 Å². The molecule has 0 aromatic rings. The number of carbonyl (C=O) groups is 2. The van der Waals surface area contributed by atoms with Crippen LogP contribution in [-0.2, 0) is 14.3 Å². The number of fused-ring (bicyclic) bond motifs is 5. The van der Waals surface area contributed by atoms with E-state index in [-0.39, 0.29) is 34.7 Å². The summed E-state index contributed by atoms with van der Waals surface area (Å²) < 4.78 is 4.87. The van der Waals surface area contributed by atoms with E-state index < -0.39 is 0 Å². The summed E-state index contributed by atoms with van der Waals surface area (Å²) in [6.07, 6.45) is 10.4. The highest BCUT2D eigenvalue weighted by molar-refractivity contribution is 5.99. The zero-order valence-electron chi connectivity index (χ0n) is 20.2. The molecule has 0 radical (unpaired) electrons. The van der Waals surface area contributed by atoms with Crippen molar-refractivity contribution in [3.63, 3.8) is 0 Å². The van der Waals surface area contributed by atoms with Gasteiger partial charge in [-0.05, 0) is 104 Å². The predicted octanol–water partition coefficient (Wildman–Crippen LogP) is 5.33. The van der Waals surface area contributed by atoms with Gasteiger partial charge in [0.15, 0.2) is 5.78 Å². The summed E-state index contributed by atoms with van der Waals surface area (Å²) in [6.45, 7) is 9.18. The van der Waals surface area contributed by atoms with Crippen molar-refractivity contribution in [1.29, 1.82) is 0 Å². The molecule has 1 N–H and O–H groups in total. The molecule has 0 spiro atoms. The molecule has 0 aromatic heterocycles. The van der Waals surface area contributed by atoms with Crippen LogP contribution in [-0.4, -0.2) is 30.1 Å². The van der Waals surface area contributed by atoms with Crippen LogP contribution >= 0.6 is 0 Å². The van der Waals surface area contributed by atoms with E-state index >= 15 is 0 Å². The fourth-order valence-corrected chi connectivity index (χ4v) is 8.81. The van der Waals surface area contributed by atoms with Crippen molar-refractivity contribution < 1.29 is 19.4 Å². The molecule has 4 nitrogen and oxygen atoms in total. The molecule has 0 bridgehead atoms. The molecule has 0 aromatic carbocycles. The second kappa shape index (κ2) is 8.32. The Hall–Kier alpha value is -1.16. The molecular formula is C27H42O4. The van der Waals surface area contributed by atoms with Gasteiger partial charge in [0.1, 0.15) is 0 Å². The van der Waals surface area contributed by atoms with Gasteiger partial charge in [0.05, 0.1) is 13.2 Å². The zero-order valence-corrected chi connectivity index (χ0v) is 20.2. The normalized spacial score (nSPS) is 46.8. The monoisotopic (exact) mass is 430 g/mol. The highest BCUT2D eigenvalue weighted by Crippen LogP contribution is 2.68. The Morgan fingerprint density at radius 3 is 2.52 bits per heavy atom. The Labute approximate surface area is 188 Å². The second-order valence-corrected chi connectivity index (χ2v) is 11.7. The number of methoxy groups -OCH3 is 1. The number of Topliss-reactive ketones (excluding diaryl/α,β-unsaturated/α-hetero) is 1. The van der Waals surface area contributed by atoms with Crippen molar-refractivity contribution in [2.75, 3.05) is 7.11 Å². The standard InChI is InChI=1S/C27H42O4/c1-6-18-22-15-17(28)11-13-27(22,4)21-12-14-26(3)19(16(2)7-10-23(29)31-5)8-9-20(26)24(21)25(18)30/h6,16-17,19-22,24,28H,7-15H2,1-5H3/b18-6+/t16-,17?,19?,20?,21?,22?,24?,26-,27-/m1/s1. The molecule has 4 fully saturated rings. The van der Waals surface area contributed by atoms with Crippen molar-refractivity contribution in [2.45, 2.75) is 91.6 Å². The molecule has 4 aliphatic rings. The Morgan fingerprint density at radius 1 is 1.16 bits per heavy atom. The minimum Gasteiger partial charge on any atom is -0.469 e. The predicted molar refractivity (Wildman–Crippen MR) is 121 cm³/mol. The van der Waals surface area contributed by atoms with Gasteiger partial charge in [-0.3, -0.25) is 9.59 Å². The number of allylic oxidation sites excluding steroid dienone is 2. The first-order valence-corrected chi connectivity index (χ1v) is 12.6. The Morgan fingerprint density at radius 2 is 1.84 bits per heavy atom. The van der Waals surface area contributed by atoms with Crippen LogP contribution in [0, 0.1) is 46.3 Å². The second-order valence-electron chi connectivity index (χ2n) is 11.7. The van der Waals surface area contributed by atoms with Gasteiger partial charge in [0, 0.05) is 12.3 Å². The average Bonchev–Trinajstić information content (AvgIpc) is 3.10. The maximum absolute atomic E-state index is 13.9. The quantitative estimate of drug-likeness (QED) is 0.484. The number of esters is 1. The number of hydrogen-bond acceptors (Lipinski definition) is 4. The number of rotatable bonds is 4. The molecule has 31 heavy (non-hydrogen) atoms. The van der Waals surface area contributed by atoms with Crippen LogP contribution < -0.4 is 0 Å². The lowest BCUT2D eigenvalue weighted by Crippen LogP contribution is -2.58. The van der Waals surface area contributed by atoms with Gasteiger partial charge in [0.2, 0.25) is 0 Å². The fraction of sp³-hybridized carbons (Fsp3) is 0.852. The summed E-state index contributed by atoms with van der Waals surface area (Å²) in [6, 6.07) is 0. The van der Waals surface area contributed by atoms with Crippen LogP contribution in [0.2, 0.25) is 0 Å². The number of hydrogen-bond donors (Lipinski definition) is 1. The fourth-order valence-electron chi connectivity index (χ4n) is 8.81. The first-order valence-electron chi connectivity index (χ1n) is 12.6. The smallest absolute Gasteiger partial charge is 0.305 e. The molecule has 4 saturated carbocycles. The van der Waals surface area contributed by atoms with Gasteiger partial charge in [-0.25, -0.2) is 0 Å². The summed E-state index contributed by atoms with van der Waals surface area (Å²) >= 11 is 0. The van der Waals surface area contributed by atoms with E-state index in [1.54, 1.807) is 0 Å². The van der Waals surface area contributed by atoms with Gasteiger partial charge in [-0.15, -0.1) is 0 Å². The third-order valence-electron chi connectivity index (χ3n) is 10.5. The van der Waals surface area contributed by atoms with Gasteiger partial charge >= 0.3 is 5.97 Å². The Kier molecular flexibility index (Phi) is 6.17. The molecule has 0 saturated heterocycles. The maximum atomic E-state index is 13.9. The molecule has 0 heterocycles. The van der Waals surface area contributed by atoms with E-state index in [1.165, 1.54) is 20.0 Å². The van der Waals surface area contributed by atoms with Crippen LogP contribution in [0.4, 0.5) is 0 Å². The number of ether oxygens (including phenoxy) is 1. The van der Waals surface area contributed by atoms with E-state index in [9.17, 15) is 14.7 Å². The van der Waals surface area contributed by atoms with Gasteiger partial charge in [-0.2, -0.15) is 0 Å². The largest absolute Gasteiger partial charge is 0.469 e. The van der Waals surface area contributed by atoms with Crippen molar-refractivity contribution in [3.05, 3.63) is 11.6 Å². The van der Waals surface area contributed by atoms with Crippen molar-refractivity contribution in [2.24, 2.45) is 46.3 Å². The van der Waals surface area contributed by atoms with Gasteiger partial charge in [-0.1, -0.05) is 26.8 Å². The SMILES string of the molecule is C/C=C1/C(=O)C2C(CC[C@@]3(C)C2CCC3[C@H](C)CCC(=O)OC)[C@@]2(C)CCC(O)CC12. The number of ketones is 1. The van der Waals surface area contributed by atoms with Crippen LogP contribution in [0.1, 0.15) is 85.5 Å². The van der Waals surface area contributed by atoms with Crippen LogP contribution in [0.3, 0.4) is 0 Å². The molecule has 4 aliphatic carbocycles. The van der Waals surface area contributed by atoms with E-state index in [0.717, 1.165) is 44.1 Å². The highest BCUT2D eigenvalue weighted by Gasteiger charge is 2.64. The summed E-state index contributed by atoms with van der Waals surface area (Å²) in [5.41, 5.74) is 1.33. The lowest BCUT2D eigenvalue weighted by Gasteiger charge is -2.61. The lowest BCUT2D eigenvalue weighted by atomic mass is 9.43. The summed E-state index contributed by atoms with van der Waals surface area (Å²) in [5.74, 6) is 2.57. The highest BCUT2D eigenvalue weighted by atomic mass is 16.5. The third-order valence-corrected chi connectivity index (χ3v) is 10.5. The number of carbonyl (C=O) groups excluding carboxylic acids is 2. The number of aliphatic hydroxyl groups excluding tert-OH is 1. The Bertz CT molecular complexity index is 756. The van der Waals surface area contributed by atoms with Crippen molar-refractivity contribution in [1.82, 2.24) is 0 Å². The molecule has 6 unspecified atom stereocenters. The molecule has 4 heteroatoms. The minimum absolute atomic E-state index is 0.117. The molecule has 4 rings (SSSR count). The van der Waals surface area contributed by atoms with E-state index in [2.05, 4.69) is 26.8 Å². The molecular weight excluding hydrogens is 388 g/mol. The molecule has 174 valence electrons. The van der Waals surface area contributed by atoms with Crippen LogP contribution in [0.15, 0.2) is 11.6 Å². The van der Waals surface area contributed by atoms with E-state index in [0.29, 0.717) is 35.9 Å². The third kappa shape index (κ3) is 3.52. The summed E-state index contributed by atoms with van der Waals surface area (Å²) in [7, 11) is 1.47. The maximum Gasteiger partial charge on any atom is 0.305 e. The van der Waals surface area contributed by atoms with Gasteiger partial charge in [0.25, 0.3) is 0 Å². The average molecular weight is 431 g/mol. The number of aliphatic hydroxyl groups is 1. The zero-order chi connectivity index (χ0) is 22.6. The minimum atomic E-state index is -0.266. The van der Waals surface area contributed by atoms with Crippen molar-refractivity contribution >= 4 is 11.8 Å². The first-order chi connectivity index (χ1) is 14.7. The summed E-state index contributed by atoms with van der Waals surface area (Å²) in [5, 5.41) is 10.4. The topological polar surface area (TPSA) is 63.6 Å². The van der Waals surface area contributed by atoms with E-state index in [1.807, 2.05) is 6.92 Å². The lowest BCUT2D eigenvalue weighted by molar-refractivity contribution is -0.150. The molecule has 0 aliphatic heterocycles. The Balaban J connectivity index is 1.61. The van der Waals surface area contributed by atoms with Crippen LogP contribution in [0.5, 0.6) is 0 Å². The summed E-state index contributed by atoms with van der Waals surface area (Å²) in [4.78, 5) is 25.6. The molecule has 9 atom stereocenters. The van der Waals surface area contributed by atoms with Crippen molar-refractivity contribution in [3.8, 4) is 0 Å². The van der Waals surface area contributed by atoms with Crippen LogP contribution in [0.25, 0.3) is 0 Å². The van der Waals surface area contributed by atoms with E-state index in [4.69, 9.17) is 4.74 Å². The molecule has 0 amide bonds.